The zero-order valence-electron chi connectivity index (χ0n) is 17.0. The van der Waals surface area contributed by atoms with E-state index in [-0.39, 0.29) is 17.3 Å². The molecule has 0 saturated heterocycles. The van der Waals surface area contributed by atoms with Crippen molar-refractivity contribution in [2.75, 3.05) is 11.9 Å². The number of thiophene rings is 1. The standard InChI is InChI=1S/C21H18N4O4S2/c1-4-29-20(28)16-14(12-8-6-5-7-9-12)23-21(31-16)24-17(26)15-11(2)13-18(30-15)22-10-25(3)19(13)27/h5-10H,4H2,1-3H3,(H,23,24,26). The van der Waals surface area contributed by atoms with Crippen molar-refractivity contribution >= 4 is 49.9 Å². The summed E-state index contributed by atoms with van der Waals surface area (Å²) in [5.41, 5.74) is 1.55. The maximum absolute atomic E-state index is 13.0. The Balaban J connectivity index is 1.71. The van der Waals surface area contributed by atoms with Crippen LogP contribution >= 0.6 is 22.7 Å². The average molecular weight is 455 g/mol. The van der Waals surface area contributed by atoms with Gasteiger partial charge in [-0.3, -0.25) is 14.9 Å². The third-order valence-electron chi connectivity index (χ3n) is 4.57. The highest BCUT2D eigenvalue weighted by molar-refractivity contribution is 7.21. The predicted octanol–water partition coefficient (Wildman–Crippen LogP) is 3.86. The third kappa shape index (κ3) is 3.87. The van der Waals surface area contributed by atoms with Gasteiger partial charge in [0.05, 0.1) is 28.9 Å². The predicted molar refractivity (Wildman–Crippen MR) is 121 cm³/mol. The Hall–Kier alpha value is -3.37. The Kier molecular flexibility index (Phi) is 5.66. The molecule has 0 saturated carbocycles. The number of ether oxygens (including phenoxy) is 1. The number of aromatic nitrogens is 3. The van der Waals surface area contributed by atoms with Gasteiger partial charge in [0.1, 0.15) is 9.71 Å². The van der Waals surface area contributed by atoms with E-state index in [0.29, 0.717) is 31.2 Å². The lowest BCUT2D eigenvalue weighted by Crippen LogP contribution is -2.17. The number of fused-ring (bicyclic) bond motifs is 1. The Morgan fingerprint density at radius 1 is 1.16 bits per heavy atom. The van der Waals surface area contributed by atoms with Crippen LogP contribution in [-0.4, -0.2) is 33.0 Å². The number of carbonyl (C=O) groups excluding carboxylic acids is 2. The minimum Gasteiger partial charge on any atom is -0.462 e. The van der Waals surface area contributed by atoms with E-state index < -0.39 is 11.9 Å². The molecular weight excluding hydrogens is 436 g/mol. The van der Waals surface area contributed by atoms with Crippen LogP contribution in [0.15, 0.2) is 41.5 Å². The average Bonchev–Trinajstić information content (AvgIpc) is 3.33. The minimum absolute atomic E-state index is 0.206. The van der Waals surface area contributed by atoms with Crippen LogP contribution in [0.5, 0.6) is 0 Å². The van der Waals surface area contributed by atoms with E-state index in [9.17, 15) is 14.4 Å². The third-order valence-corrected chi connectivity index (χ3v) is 6.72. The molecule has 10 heteroatoms. The molecular formula is C21H18N4O4S2. The quantitative estimate of drug-likeness (QED) is 0.460. The van der Waals surface area contributed by atoms with E-state index in [0.717, 1.165) is 28.2 Å². The van der Waals surface area contributed by atoms with E-state index in [4.69, 9.17) is 4.74 Å². The van der Waals surface area contributed by atoms with Crippen molar-refractivity contribution in [3.8, 4) is 11.3 Å². The molecule has 158 valence electrons. The first-order valence-electron chi connectivity index (χ1n) is 9.40. The van der Waals surface area contributed by atoms with Gasteiger partial charge in [-0.15, -0.1) is 11.3 Å². The second kappa shape index (κ2) is 8.40. The van der Waals surface area contributed by atoms with Crippen LogP contribution in [-0.2, 0) is 11.8 Å². The fourth-order valence-corrected chi connectivity index (χ4v) is 4.99. The van der Waals surface area contributed by atoms with Crippen molar-refractivity contribution < 1.29 is 14.3 Å². The Morgan fingerprint density at radius 2 is 1.90 bits per heavy atom. The molecule has 4 aromatic rings. The number of carbonyl (C=O) groups is 2. The molecule has 1 aromatic carbocycles. The lowest BCUT2D eigenvalue weighted by Gasteiger charge is -2.01. The van der Waals surface area contributed by atoms with Crippen LogP contribution in [0.25, 0.3) is 21.5 Å². The van der Waals surface area contributed by atoms with E-state index in [2.05, 4.69) is 15.3 Å². The van der Waals surface area contributed by atoms with Gasteiger partial charge in [0.2, 0.25) is 0 Å². The molecule has 0 unspecified atom stereocenters. The fraction of sp³-hybridized carbons (Fsp3) is 0.190. The molecule has 3 heterocycles. The lowest BCUT2D eigenvalue weighted by atomic mass is 10.1. The second-order valence-electron chi connectivity index (χ2n) is 6.63. The Morgan fingerprint density at radius 3 is 2.61 bits per heavy atom. The fourth-order valence-electron chi connectivity index (χ4n) is 3.08. The van der Waals surface area contributed by atoms with Gasteiger partial charge in [-0.1, -0.05) is 41.7 Å². The van der Waals surface area contributed by atoms with Crippen LogP contribution in [0.4, 0.5) is 5.13 Å². The summed E-state index contributed by atoms with van der Waals surface area (Å²) in [6.07, 6.45) is 1.43. The van der Waals surface area contributed by atoms with Gasteiger partial charge in [0.15, 0.2) is 5.13 Å². The first-order chi connectivity index (χ1) is 14.9. The molecule has 3 aromatic heterocycles. The van der Waals surface area contributed by atoms with Crippen LogP contribution in [0.1, 0.15) is 31.8 Å². The summed E-state index contributed by atoms with van der Waals surface area (Å²) in [5.74, 6) is -0.906. The first-order valence-corrected chi connectivity index (χ1v) is 11.0. The number of esters is 1. The molecule has 0 radical (unpaired) electrons. The summed E-state index contributed by atoms with van der Waals surface area (Å²) in [7, 11) is 1.61. The topological polar surface area (TPSA) is 103 Å². The number of hydrogen-bond acceptors (Lipinski definition) is 8. The molecule has 8 nitrogen and oxygen atoms in total. The number of nitrogens with zero attached hydrogens (tertiary/aromatic N) is 3. The highest BCUT2D eigenvalue weighted by atomic mass is 32.1. The van der Waals surface area contributed by atoms with Gasteiger partial charge >= 0.3 is 5.97 Å². The lowest BCUT2D eigenvalue weighted by molar-refractivity contribution is 0.0532. The van der Waals surface area contributed by atoms with Crippen LogP contribution in [0, 0.1) is 6.92 Å². The zero-order chi connectivity index (χ0) is 22.1. The SMILES string of the molecule is CCOC(=O)c1sc(NC(=O)c2sc3ncn(C)c(=O)c3c2C)nc1-c1ccccc1. The smallest absolute Gasteiger partial charge is 0.350 e. The van der Waals surface area contributed by atoms with Gasteiger partial charge in [-0.25, -0.2) is 14.8 Å². The second-order valence-corrected chi connectivity index (χ2v) is 8.63. The van der Waals surface area contributed by atoms with Crippen molar-refractivity contribution in [1.82, 2.24) is 14.5 Å². The van der Waals surface area contributed by atoms with Gasteiger partial charge in [0.25, 0.3) is 11.5 Å². The number of aryl methyl sites for hydroxylation is 2. The van der Waals surface area contributed by atoms with Crippen LogP contribution < -0.4 is 10.9 Å². The monoisotopic (exact) mass is 454 g/mol. The molecule has 0 aliphatic rings. The van der Waals surface area contributed by atoms with Crippen molar-refractivity contribution in [3.63, 3.8) is 0 Å². The summed E-state index contributed by atoms with van der Waals surface area (Å²) in [4.78, 5) is 47.7. The highest BCUT2D eigenvalue weighted by Gasteiger charge is 2.24. The molecule has 0 bridgehead atoms. The molecule has 0 aliphatic heterocycles. The number of nitrogens with one attached hydrogen (secondary N) is 1. The maximum Gasteiger partial charge on any atom is 0.350 e. The van der Waals surface area contributed by atoms with Crippen LogP contribution in [0.3, 0.4) is 0 Å². The summed E-state index contributed by atoms with van der Waals surface area (Å²) in [5, 5.41) is 3.45. The molecule has 1 amide bonds. The highest BCUT2D eigenvalue weighted by Crippen LogP contribution is 2.33. The number of benzene rings is 1. The number of thiazole rings is 1. The molecule has 0 atom stereocenters. The minimum atomic E-state index is -0.495. The van der Waals surface area contributed by atoms with Crippen molar-refractivity contribution in [1.29, 1.82) is 0 Å². The zero-order valence-corrected chi connectivity index (χ0v) is 18.6. The van der Waals surface area contributed by atoms with E-state index >= 15 is 0 Å². The van der Waals surface area contributed by atoms with Crippen LogP contribution in [0.2, 0.25) is 0 Å². The van der Waals surface area contributed by atoms with Crippen molar-refractivity contribution in [3.05, 3.63) is 62.3 Å². The van der Waals surface area contributed by atoms with E-state index in [1.165, 1.54) is 10.9 Å². The van der Waals surface area contributed by atoms with Gasteiger partial charge in [0, 0.05) is 12.6 Å². The summed E-state index contributed by atoms with van der Waals surface area (Å²) in [6, 6.07) is 9.22. The molecule has 0 fully saturated rings. The largest absolute Gasteiger partial charge is 0.462 e. The van der Waals surface area contributed by atoms with E-state index in [1.807, 2.05) is 30.3 Å². The van der Waals surface area contributed by atoms with E-state index in [1.54, 1.807) is 20.9 Å². The molecule has 0 aliphatic carbocycles. The number of amides is 1. The van der Waals surface area contributed by atoms with Gasteiger partial charge in [-0.2, -0.15) is 0 Å². The number of rotatable bonds is 5. The molecule has 1 N–H and O–H groups in total. The van der Waals surface area contributed by atoms with Gasteiger partial charge < -0.3 is 9.30 Å². The Bertz CT molecular complexity index is 1360. The molecule has 4 rings (SSSR count). The first kappa shape index (κ1) is 20.9. The normalized spacial score (nSPS) is 10.9. The summed E-state index contributed by atoms with van der Waals surface area (Å²) < 4.78 is 6.53. The molecule has 31 heavy (non-hydrogen) atoms. The summed E-state index contributed by atoms with van der Waals surface area (Å²) in [6.45, 7) is 3.68. The Labute approximate surface area is 185 Å². The maximum atomic E-state index is 13.0. The number of anilines is 1. The van der Waals surface area contributed by atoms with Gasteiger partial charge in [-0.05, 0) is 19.4 Å². The van der Waals surface area contributed by atoms with Crippen molar-refractivity contribution in [2.24, 2.45) is 7.05 Å². The van der Waals surface area contributed by atoms with Crippen molar-refractivity contribution in [2.45, 2.75) is 13.8 Å². The molecule has 0 spiro atoms. The number of hydrogen-bond donors (Lipinski definition) is 1. The summed E-state index contributed by atoms with van der Waals surface area (Å²) >= 11 is 2.19.